The van der Waals surface area contributed by atoms with E-state index in [1.54, 1.807) is 0 Å². The van der Waals surface area contributed by atoms with E-state index in [9.17, 15) is 0 Å². The number of hydrogen-bond acceptors (Lipinski definition) is 2. The molecule has 1 fully saturated rings. The topological polar surface area (TPSA) is 18.5 Å². The van der Waals surface area contributed by atoms with Crippen molar-refractivity contribution in [3.63, 3.8) is 0 Å². The minimum Gasteiger partial charge on any atom is -0.487 e. The third kappa shape index (κ3) is 3.17. The lowest BCUT2D eigenvalue weighted by molar-refractivity contribution is -0.178. The molecule has 0 bridgehead atoms. The number of para-hydroxylation sites is 1. The summed E-state index contributed by atoms with van der Waals surface area (Å²) >= 11 is 0. The summed E-state index contributed by atoms with van der Waals surface area (Å²) in [6.45, 7) is 12.7. The van der Waals surface area contributed by atoms with Crippen LogP contribution in [0.4, 0.5) is 0 Å². The normalized spacial score (nSPS) is 34.5. The van der Waals surface area contributed by atoms with Crippen LogP contribution in [0.2, 0.25) is 0 Å². The van der Waals surface area contributed by atoms with Crippen LogP contribution in [-0.2, 0) is 4.74 Å². The Balaban J connectivity index is 1.94. The SMILES string of the molecule is C=C[C@]1(C)CC[C@H]2[C@H](O1)c1ccccc1O[C@@]2(C)CCC=C(C)C. The Morgan fingerprint density at radius 1 is 1.29 bits per heavy atom. The van der Waals surface area contributed by atoms with Crippen LogP contribution in [0, 0.1) is 5.92 Å². The lowest BCUT2D eigenvalue weighted by atomic mass is 9.71. The molecule has 2 nitrogen and oxygen atoms in total. The van der Waals surface area contributed by atoms with Crippen molar-refractivity contribution < 1.29 is 9.47 Å². The molecule has 130 valence electrons. The molecule has 0 aromatic heterocycles. The quantitative estimate of drug-likeness (QED) is 0.632. The van der Waals surface area contributed by atoms with Crippen LogP contribution < -0.4 is 4.74 Å². The molecule has 0 amide bonds. The van der Waals surface area contributed by atoms with Crippen molar-refractivity contribution >= 4 is 0 Å². The van der Waals surface area contributed by atoms with Gasteiger partial charge in [0.15, 0.2) is 0 Å². The van der Waals surface area contributed by atoms with E-state index in [4.69, 9.17) is 9.47 Å². The Kier molecular flexibility index (Phi) is 4.61. The Bertz CT molecular complexity index is 643. The molecular weight excluding hydrogens is 296 g/mol. The van der Waals surface area contributed by atoms with E-state index in [1.807, 2.05) is 12.1 Å². The molecule has 0 unspecified atom stereocenters. The Labute approximate surface area is 146 Å². The Hall–Kier alpha value is -1.54. The van der Waals surface area contributed by atoms with Gasteiger partial charge < -0.3 is 9.47 Å². The summed E-state index contributed by atoms with van der Waals surface area (Å²) in [5, 5.41) is 0. The first-order chi connectivity index (χ1) is 11.4. The third-order valence-corrected chi connectivity index (χ3v) is 5.69. The molecule has 0 saturated carbocycles. The first-order valence-corrected chi connectivity index (χ1v) is 9.10. The predicted octanol–water partition coefficient (Wildman–Crippen LogP) is 6.00. The minimum atomic E-state index is -0.244. The molecule has 2 heterocycles. The van der Waals surface area contributed by atoms with Crippen molar-refractivity contribution in [2.24, 2.45) is 5.92 Å². The van der Waals surface area contributed by atoms with Crippen LogP contribution in [0.3, 0.4) is 0 Å². The molecule has 0 aliphatic carbocycles. The second-order valence-corrected chi connectivity index (χ2v) is 7.97. The van der Waals surface area contributed by atoms with Crippen LogP contribution >= 0.6 is 0 Å². The summed E-state index contributed by atoms with van der Waals surface area (Å²) in [5.74, 6) is 1.36. The third-order valence-electron chi connectivity index (χ3n) is 5.69. The molecule has 1 aromatic rings. The van der Waals surface area contributed by atoms with Gasteiger partial charge in [0.2, 0.25) is 0 Å². The zero-order valence-electron chi connectivity index (χ0n) is 15.5. The van der Waals surface area contributed by atoms with Crippen LogP contribution in [-0.4, -0.2) is 11.2 Å². The standard InChI is InChI=1S/C22H30O2/c1-6-21(4)15-13-18-20(24-21)17-11-7-8-12-19(17)23-22(18,5)14-9-10-16(2)3/h6-8,10-12,18,20H,1,9,13-15H2,2-5H3/t18-,20+,21+,22-/m0/s1. The predicted molar refractivity (Wildman–Crippen MR) is 99.3 cm³/mol. The molecule has 0 spiro atoms. The smallest absolute Gasteiger partial charge is 0.125 e. The van der Waals surface area contributed by atoms with E-state index in [1.165, 1.54) is 11.1 Å². The van der Waals surface area contributed by atoms with E-state index in [0.717, 1.165) is 31.4 Å². The molecule has 2 aliphatic heterocycles. The van der Waals surface area contributed by atoms with Crippen molar-refractivity contribution in [2.75, 3.05) is 0 Å². The van der Waals surface area contributed by atoms with Gasteiger partial charge in [-0.2, -0.15) is 0 Å². The molecule has 0 N–H and O–H groups in total. The average Bonchev–Trinajstić information content (AvgIpc) is 2.54. The summed E-state index contributed by atoms with van der Waals surface area (Å²) in [6, 6.07) is 8.35. The molecule has 24 heavy (non-hydrogen) atoms. The fraction of sp³-hybridized carbons (Fsp3) is 0.545. The summed E-state index contributed by atoms with van der Waals surface area (Å²) in [4.78, 5) is 0. The number of ether oxygens (including phenoxy) is 2. The highest BCUT2D eigenvalue weighted by Crippen LogP contribution is 2.54. The summed E-state index contributed by atoms with van der Waals surface area (Å²) in [5.41, 5.74) is 2.13. The maximum Gasteiger partial charge on any atom is 0.125 e. The van der Waals surface area contributed by atoms with Crippen molar-refractivity contribution in [1.29, 1.82) is 0 Å². The van der Waals surface area contributed by atoms with Crippen molar-refractivity contribution in [3.05, 3.63) is 54.1 Å². The number of hydrogen-bond donors (Lipinski definition) is 0. The molecule has 3 rings (SSSR count). The van der Waals surface area contributed by atoms with E-state index in [2.05, 4.69) is 58.5 Å². The lowest BCUT2D eigenvalue weighted by Crippen LogP contribution is -2.52. The second-order valence-electron chi connectivity index (χ2n) is 7.97. The van der Waals surface area contributed by atoms with Crippen LogP contribution in [0.15, 0.2) is 48.6 Å². The summed E-state index contributed by atoms with van der Waals surface area (Å²) < 4.78 is 13.1. The largest absolute Gasteiger partial charge is 0.487 e. The van der Waals surface area contributed by atoms with E-state index >= 15 is 0 Å². The first kappa shape index (κ1) is 17.3. The molecule has 2 heteroatoms. The van der Waals surface area contributed by atoms with Crippen molar-refractivity contribution in [2.45, 2.75) is 70.7 Å². The number of fused-ring (bicyclic) bond motifs is 3. The zero-order valence-corrected chi connectivity index (χ0v) is 15.5. The molecule has 2 aliphatic rings. The lowest BCUT2D eigenvalue weighted by Gasteiger charge is -2.52. The van der Waals surface area contributed by atoms with Crippen molar-refractivity contribution in [3.8, 4) is 5.75 Å². The highest BCUT2D eigenvalue weighted by molar-refractivity contribution is 5.39. The highest BCUT2D eigenvalue weighted by atomic mass is 16.5. The van der Waals surface area contributed by atoms with E-state index in [0.29, 0.717) is 5.92 Å². The van der Waals surface area contributed by atoms with Crippen LogP contribution in [0.1, 0.15) is 65.0 Å². The van der Waals surface area contributed by atoms with Crippen LogP contribution in [0.5, 0.6) is 5.75 Å². The average molecular weight is 326 g/mol. The van der Waals surface area contributed by atoms with Gasteiger partial charge in [-0.05, 0) is 59.4 Å². The van der Waals surface area contributed by atoms with Gasteiger partial charge in [-0.3, -0.25) is 0 Å². The van der Waals surface area contributed by atoms with Gasteiger partial charge in [-0.1, -0.05) is 35.9 Å². The zero-order chi connectivity index (χ0) is 17.4. The maximum absolute atomic E-state index is 6.56. The Morgan fingerprint density at radius 3 is 2.75 bits per heavy atom. The van der Waals surface area contributed by atoms with Gasteiger partial charge in [0.05, 0.1) is 11.7 Å². The van der Waals surface area contributed by atoms with Gasteiger partial charge in [0, 0.05) is 11.5 Å². The van der Waals surface area contributed by atoms with Gasteiger partial charge in [0.25, 0.3) is 0 Å². The summed E-state index contributed by atoms with van der Waals surface area (Å²) in [7, 11) is 0. The minimum absolute atomic E-state index is 0.0865. The molecule has 1 saturated heterocycles. The van der Waals surface area contributed by atoms with Crippen LogP contribution in [0.25, 0.3) is 0 Å². The fourth-order valence-electron chi connectivity index (χ4n) is 4.10. The van der Waals surface area contributed by atoms with E-state index < -0.39 is 0 Å². The molecule has 4 atom stereocenters. The number of allylic oxidation sites excluding steroid dienone is 2. The maximum atomic E-state index is 6.56. The van der Waals surface area contributed by atoms with Gasteiger partial charge in [0.1, 0.15) is 11.4 Å². The van der Waals surface area contributed by atoms with Crippen molar-refractivity contribution in [1.82, 2.24) is 0 Å². The second kappa shape index (κ2) is 6.40. The monoisotopic (exact) mass is 326 g/mol. The number of benzene rings is 1. The van der Waals surface area contributed by atoms with Gasteiger partial charge in [-0.25, -0.2) is 0 Å². The molecule has 0 radical (unpaired) electrons. The fourth-order valence-corrected chi connectivity index (χ4v) is 4.10. The van der Waals surface area contributed by atoms with Gasteiger partial charge >= 0.3 is 0 Å². The Morgan fingerprint density at radius 2 is 2.04 bits per heavy atom. The first-order valence-electron chi connectivity index (χ1n) is 9.10. The van der Waals surface area contributed by atoms with Gasteiger partial charge in [-0.15, -0.1) is 6.58 Å². The summed E-state index contributed by atoms with van der Waals surface area (Å²) in [6.07, 6.45) is 8.52. The van der Waals surface area contributed by atoms with E-state index in [-0.39, 0.29) is 17.3 Å². The highest BCUT2D eigenvalue weighted by Gasteiger charge is 2.51. The molecule has 1 aromatic carbocycles. The number of rotatable bonds is 4. The molecular formula is C22H30O2.